The number of carbonyl (C=O) groups is 2. The van der Waals surface area contributed by atoms with Gasteiger partial charge >= 0.3 is 0 Å². The third-order valence-electron chi connectivity index (χ3n) is 5.64. The van der Waals surface area contributed by atoms with Gasteiger partial charge in [0.1, 0.15) is 22.6 Å². The maximum atomic E-state index is 13.1. The van der Waals surface area contributed by atoms with Crippen LogP contribution >= 0.6 is 23.4 Å². The number of aromatic nitrogens is 1. The summed E-state index contributed by atoms with van der Waals surface area (Å²) in [6.07, 6.45) is 2.89. The van der Waals surface area contributed by atoms with Crippen LogP contribution in [0.4, 0.5) is 5.69 Å². The van der Waals surface area contributed by atoms with E-state index in [1.807, 2.05) is 6.07 Å². The van der Waals surface area contributed by atoms with Crippen LogP contribution in [0.1, 0.15) is 29.7 Å². The Balaban J connectivity index is 1.32. The van der Waals surface area contributed by atoms with Crippen molar-refractivity contribution in [1.29, 1.82) is 5.26 Å². The van der Waals surface area contributed by atoms with Crippen LogP contribution in [-0.4, -0.2) is 22.0 Å². The fourth-order valence-electron chi connectivity index (χ4n) is 4.03. The number of hydrogen-bond donors (Lipinski definition) is 0. The normalized spacial score (nSPS) is 17.2. The van der Waals surface area contributed by atoms with Gasteiger partial charge in [-0.1, -0.05) is 23.4 Å². The first-order valence-electron chi connectivity index (χ1n) is 10.5. The SMILES string of the molecule is N#Cc1cc2c(nc1SC1CC(=O)N(c3ccc(Oc4ccc(Cl)cc4)cc3)C1=O)CCC2. The topological polar surface area (TPSA) is 83.3 Å². The Bertz CT molecular complexity index is 1290. The Morgan fingerprint density at radius 2 is 1.76 bits per heavy atom. The van der Waals surface area contributed by atoms with E-state index >= 15 is 0 Å². The molecular formula is C25H18ClN3O3S. The minimum atomic E-state index is -0.610. The van der Waals surface area contributed by atoms with Crippen LogP contribution in [0.15, 0.2) is 59.6 Å². The van der Waals surface area contributed by atoms with Crippen molar-refractivity contribution < 1.29 is 14.3 Å². The van der Waals surface area contributed by atoms with Crippen LogP contribution < -0.4 is 9.64 Å². The van der Waals surface area contributed by atoms with Crippen molar-refractivity contribution in [3.05, 3.63) is 76.4 Å². The smallest absolute Gasteiger partial charge is 0.247 e. The molecule has 5 rings (SSSR count). The number of halogens is 1. The van der Waals surface area contributed by atoms with Gasteiger partial charge in [0.25, 0.3) is 0 Å². The van der Waals surface area contributed by atoms with Crippen molar-refractivity contribution in [3.63, 3.8) is 0 Å². The first-order valence-corrected chi connectivity index (χ1v) is 11.8. The van der Waals surface area contributed by atoms with Gasteiger partial charge in [0.2, 0.25) is 11.8 Å². The molecule has 2 aromatic carbocycles. The van der Waals surface area contributed by atoms with Gasteiger partial charge in [0.15, 0.2) is 0 Å². The summed E-state index contributed by atoms with van der Waals surface area (Å²) >= 11 is 7.10. The molecule has 1 aliphatic heterocycles. The second-order valence-corrected chi connectivity index (χ2v) is 9.47. The summed E-state index contributed by atoms with van der Waals surface area (Å²) < 4.78 is 5.78. The molecule has 164 valence electrons. The lowest BCUT2D eigenvalue weighted by Gasteiger charge is -2.16. The van der Waals surface area contributed by atoms with Crippen molar-refractivity contribution >= 4 is 40.9 Å². The van der Waals surface area contributed by atoms with Crippen molar-refractivity contribution in [2.75, 3.05) is 4.90 Å². The fourth-order valence-corrected chi connectivity index (χ4v) is 5.25. The van der Waals surface area contributed by atoms with Crippen molar-refractivity contribution in [2.24, 2.45) is 0 Å². The number of fused-ring (bicyclic) bond motifs is 1. The molecule has 1 fully saturated rings. The molecule has 33 heavy (non-hydrogen) atoms. The lowest BCUT2D eigenvalue weighted by Crippen LogP contribution is -2.31. The Morgan fingerprint density at radius 3 is 2.45 bits per heavy atom. The third kappa shape index (κ3) is 4.32. The Kier molecular flexibility index (Phi) is 5.79. The van der Waals surface area contributed by atoms with Gasteiger partial charge in [-0.2, -0.15) is 5.26 Å². The minimum absolute atomic E-state index is 0.0656. The molecule has 0 bridgehead atoms. The van der Waals surface area contributed by atoms with Crippen LogP contribution in [-0.2, 0) is 22.4 Å². The van der Waals surface area contributed by atoms with E-state index in [0.717, 1.165) is 30.5 Å². The van der Waals surface area contributed by atoms with Crippen LogP contribution in [0.5, 0.6) is 11.5 Å². The van der Waals surface area contributed by atoms with E-state index in [9.17, 15) is 14.9 Å². The largest absolute Gasteiger partial charge is 0.457 e. The predicted octanol–water partition coefficient (Wildman–Crippen LogP) is 5.31. The molecule has 0 N–H and O–H groups in total. The van der Waals surface area contributed by atoms with E-state index in [1.165, 1.54) is 16.7 Å². The summed E-state index contributed by atoms with van der Waals surface area (Å²) in [5.41, 5.74) is 3.04. The maximum Gasteiger partial charge on any atom is 0.247 e. The quantitative estimate of drug-likeness (QED) is 0.465. The second kappa shape index (κ2) is 8.89. The van der Waals surface area contributed by atoms with Gasteiger partial charge in [-0.25, -0.2) is 9.88 Å². The fraction of sp³-hybridized carbons (Fsp3) is 0.200. The molecule has 1 aromatic heterocycles. The van der Waals surface area contributed by atoms with Gasteiger partial charge in [0.05, 0.1) is 16.5 Å². The predicted molar refractivity (Wildman–Crippen MR) is 126 cm³/mol. The molecule has 0 saturated carbocycles. The van der Waals surface area contributed by atoms with Crippen LogP contribution in [0.3, 0.4) is 0 Å². The molecule has 1 aliphatic carbocycles. The molecule has 1 saturated heterocycles. The van der Waals surface area contributed by atoms with Gasteiger partial charge in [-0.3, -0.25) is 9.59 Å². The van der Waals surface area contributed by atoms with Crippen molar-refractivity contribution in [2.45, 2.75) is 36.0 Å². The molecule has 2 aliphatic rings. The number of benzene rings is 2. The molecule has 0 spiro atoms. The van der Waals surface area contributed by atoms with Crippen LogP contribution in [0.2, 0.25) is 5.02 Å². The zero-order chi connectivity index (χ0) is 22.9. The summed E-state index contributed by atoms with van der Waals surface area (Å²) in [6.45, 7) is 0. The van der Waals surface area contributed by atoms with Gasteiger partial charge < -0.3 is 4.74 Å². The lowest BCUT2D eigenvalue weighted by molar-refractivity contribution is -0.121. The first kappa shape index (κ1) is 21.5. The van der Waals surface area contributed by atoms with E-state index in [0.29, 0.717) is 32.8 Å². The molecule has 1 unspecified atom stereocenters. The minimum Gasteiger partial charge on any atom is -0.457 e. The highest BCUT2D eigenvalue weighted by atomic mass is 35.5. The maximum absolute atomic E-state index is 13.1. The highest BCUT2D eigenvalue weighted by molar-refractivity contribution is 8.00. The standard InChI is InChI=1S/C25H18ClN3O3S/c26-17-4-8-19(9-5-17)32-20-10-6-18(7-11-20)29-23(30)13-22(25(29)31)33-24-16(14-27)12-15-2-1-3-21(15)28-24/h4-12,22H,1-3,13H2. The number of hydrogen-bond acceptors (Lipinski definition) is 6. The highest BCUT2D eigenvalue weighted by Gasteiger charge is 2.41. The van der Waals surface area contributed by atoms with Gasteiger partial charge in [-0.15, -0.1) is 0 Å². The lowest BCUT2D eigenvalue weighted by atomic mass is 10.2. The second-order valence-electron chi connectivity index (χ2n) is 7.84. The van der Waals surface area contributed by atoms with Gasteiger partial charge in [0, 0.05) is 17.1 Å². The van der Waals surface area contributed by atoms with Crippen LogP contribution in [0.25, 0.3) is 0 Å². The number of rotatable bonds is 5. The summed E-state index contributed by atoms with van der Waals surface area (Å²) in [4.78, 5) is 31.6. The number of pyridine rings is 1. The summed E-state index contributed by atoms with van der Waals surface area (Å²) in [6, 6.07) is 17.8. The molecular weight excluding hydrogens is 458 g/mol. The first-order chi connectivity index (χ1) is 16.0. The number of ether oxygens (including phenoxy) is 1. The Morgan fingerprint density at radius 1 is 1.06 bits per heavy atom. The number of nitrogens with zero attached hydrogens (tertiary/aromatic N) is 3. The van der Waals surface area contributed by atoms with Crippen molar-refractivity contribution in [3.8, 4) is 17.6 Å². The van der Waals surface area contributed by atoms with Crippen molar-refractivity contribution in [1.82, 2.24) is 4.98 Å². The molecule has 0 radical (unpaired) electrons. The highest BCUT2D eigenvalue weighted by Crippen LogP contribution is 2.37. The molecule has 3 aromatic rings. The average molecular weight is 476 g/mol. The molecule has 6 nitrogen and oxygen atoms in total. The molecule has 8 heteroatoms. The van der Waals surface area contributed by atoms with E-state index in [1.54, 1.807) is 48.5 Å². The zero-order valence-electron chi connectivity index (χ0n) is 17.5. The zero-order valence-corrected chi connectivity index (χ0v) is 19.0. The van der Waals surface area contributed by atoms with Gasteiger partial charge in [-0.05, 0) is 79.4 Å². The monoisotopic (exact) mass is 475 g/mol. The average Bonchev–Trinajstić information content (AvgIpc) is 3.38. The van der Waals surface area contributed by atoms with E-state index in [2.05, 4.69) is 11.1 Å². The number of aryl methyl sites for hydroxylation is 2. The number of nitriles is 1. The Labute approximate surface area is 200 Å². The number of anilines is 1. The number of amides is 2. The third-order valence-corrected chi connectivity index (χ3v) is 7.08. The van der Waals surface area contributed by atoms with E-state index in [-0.39, 0.29) is 18.2 Å². The molecule has 2 heterocycles. The summed E-state index contributed by atoms with van der Waals surface area (Å²) in [7, 11) is 0. The molecule has 2 amide bonds. The van der Waals surface area contributed by atoms with E-state index in [4.69, 9.17) is 16.3 Å². The van der Waals surface area contributed by atoms with Crippen LogP contribution in [0, 0.1) is 11.3 Å². The summed E-state index contributed by atoms with van der Waals surface area (Å²) in [5, 5.41) is 10.1. The number of imide groups is 1. The molecule has 1 atom stereocenters. The number of thioether (sulfide) groups is 1. The van der Waals surface area contributed by atoms with E-state index < -0.39 is 5.25 Å². The number of carbonyl (C=O) groups excluding carboxylic acids is 2. The Hall–Kier alpha value is -3.34. The summed E-state index contributed by atoms with van der Waals surface area (Å²) in [5.74, 6) is 0.630.